The molecule has 0 N–H and O–H groups in total. The van der Waals surface area contributed by atoms with Crippen LogP contribution in [0.15, 0.2) is 48.5 Å². The summed E-state index contributed by atoms with van der Waals surface area (Å²) in [5.41, 5.74) is 3.68. The maximum absolute atomic E-state index is 5.56. The Morgan fingerprint density at radius 1 is 0.913 bits per heavy atom. The van der Waals surface area contributed by atoms with E-state index in [4.69, 9.17) is 9.47 Å². The average Bonchev–Trinajstić information content (AvgIpc) is 2.93. The fourth-order valence-corrected chi connectivity index (χ4v) is 3.16. The highest BCUT2D eigenvalue weighted by atomic mass is 16.5. The second-order valence-electron chi connectivity index (χ2n) is 5.67. The van der Waals surface area contributed by atoms with E-state index in [1.165, 1.54) is 16.6 Å². The summed E-state index contributed by atoms with van der Waals surface area (Å²) in [7, 11) is 3.41. The van der Waals surface area contributed by atoms with Crippen molar-refractivity contribution in [3.8, 4) is 11.5 Å². The second-order valence-corrected chi connectivity index (χ2v) is 5.67. The molecular formula is C20H23NO2. The SMILES string of the molecule is CCCc1cc2ccccc2n1Cc1c(OC)cccc1OC. The van der Waals surface area contributed by atoms with Crippen molar-refractivity contribution in [1.29, 1.82) is 0 Å². The first-order valence-corrected chi connectivity index (χ1v) is 8.05. The van der Waals surface area contributed by atoms with E-state index in [0.717, 1.165) is 36.4 Å². The van der Waals surface area contributed by atoms with E-state index in [0.29, 0.717) is 0 Å². The van der Waals surface area contributed by atoms with Crippen LogP contribution in [-0.4, -0.2) is 18.8 Å². The zero-order chi connectivity index (χ0) is 16.2. The van der Waals surface area contributed by atoms with Gasteiger partial charge in [-0.2, -0.15) is 0 Å². The summed E-state index contributed by atoms with van der Waals surface area (Å²) in [6, 6.07) is 16.8. The Bertz CT molecular complexity index is 782. The molecule has 23 heavy (non-hydrogen) atoms. The molecule has 3 heteroatoms. The van der Waals surface area contributed by atoms with Gasteiger partial charge in [-0.15, -0.1) is 0 Å². The van der Waals surface area contributed by atoms with E-state index < -0.39 is 0 Å². The van der Waals surface area contributed by atoms with Gasteiger partial charge < -0.3 is 14.0 Å². The Balaban J connectivity index is 2.13. The third-order valence-corrected chi connectivity index (χ3v) is 4.25. The summed E-state index contributed by atoms with van der Waals surface area (Å²) in [4.78, 5) is 0. The molecule has 1 aromatic heterocycles. The first-order chi connectivity index (χ1) is 11.3. The van der Waals surface area contributed by atoms with Crippen molar-refractivity contribution < 1.29 is 9.47 Å². The lowest BCUT2D eigenvalue weighted by Gasteiger charge is -2.16. The van der Waals surface area contributed by atoms with Crippen molar-refractivity contribution >= 4 is 10.9 Å². The van der Waals surface area contributed by atoms with Crippen molar-refractivity contribution in [2.24, 2.45) is 0 Å². The van der Waals surface area contributed by atoms with Crippen LogP contribution in [0.1, 0.15) is 24.6 Å². The molecule has 0 aliphatic heterocycles. The molecule has 0 amide bonds. The van der Waals surface area contributed by atoms with Crippen LogP contribution in [0, 0.1) is 0 Å². The summed E-state index contributed by atoms with van der Waals surface area (Å²) in [5.74, 6) is 1.73. The Hall–Kier alpha value is -2.42. The Morgan fingerprint density at radius 2 is 1.61 bits per heavy atom. The highest BCUT2D eigenvalue weighted by Gasteiger charge is 2.14. The van der Waals surface area contributed by atoms with Crippen molar-refractivity contribution in [1.82, 2.24) is 4.57 Å². The fourth-order valence-electron chi connectivity index (χ4n) is 3.16. The van der Waals surface area contributed by atoms with Gasteiger partial charge in [0.05, 0.1) is 26.3 Å². The summed E-state index contributed by atoms with van der Waals surface area (Å²) >= 11 is 0. The topological polar surface area (TPSA) is 23.4 Å². The van der Waals surface area contributed by atoms with Crippen LogP contribution in [-0.2, 0) is 13.0 Å². The molecule has 0 fully saturated rings. The first kappa shape index (κ1) is 15.5. The molecule has 3 nitrogen and oxygen atoms in total. The smallest absolute Gasteiger partial charge is 0.127 e. The summed E-state index contributed by atoms with van der Waals surface area (Å²) in [6.07, 6.45) is 2.19. The maximum atomic E-state index is 5.56. The number of hydrogen-bond acceptors (Lipinski definition) is 2. The average molecular weight is 309 g/mol. The van der Waals surface area contributed by atoms with Gasteiger partial charge in [0.1, 0.15) is 11.5 Å². The molecule has 1 heterocycles. The van der Waals surface area contributed by atoms with Crippen LogP contribution in [0.3, 0.4) is 0 Å². The van der Waals surface area contributed by atoms with Gasteiger partial charge in [-0.25, -0.2) is 0 Å². The van der Waals surface area contributed by atoms with E-state index in [9.17, 15) is 0 Å². The lowest BCUT2D eigenvalue weighted by Crippen LogP contribution is -2.07. The van der Waals surface area contributed by atoms with E-state index in [1.54, 1.807) is 14.2 Å². The molecule has 120 valence electrons. The monoisotopic (exact) mass is 309 g/mol. The van der Waals surface area contributed by atoms with Crippen molar-refractivity contribution in [3.63, 3.8) is 0 Å². The minimum absolute atomic E-state index is 0.746. The van der Waals surface area contributed by atoms with E-state index in [2.05, 4.69) is 41.8 Å². The largest absolute Gasteiger partial charge is 0.496 e. The van der Waals surface area contributed by atoms with Crippen LogP contribution in [0.5, 0.6) is 11.5 Å². The van der Waals surface area contributed by atoms with E-state index >= 15 is 0 Å². The highest BCUT2D eigenvalue weighted by molar-refractivity contribution is 5.81. The quantitative estimate of drug-likeness (QED) is 0.661. The minimum Gasteiger partial charge on any atom is -0.496 e. The number of aryl methyl sites for hydroxylation is 1. The number of hydrogen-bond donors (Lipinski definition) is 0. The molecule has 0 saturated carbocycles. The number of para-hydroxylation sites is 1. The molecule has 0 saturated heterocycles. The zero-order valence-corrected chi connectivity index (χ0v) is 14.0. The van der Waals surface area contributed by atoms with Crippen LogP contribution >= 0.6 is 0 Å². The minimum atomic E-state index is 0.746. The van der Waals surface area contributed by atoms with Gasteiger partial charge in [0, 0.05) is 11.2 Å². The first-order valence-electron chi connectivity index (χ1n) is 8.05. The zero-order valence-electron chi connectivity index (χ0n) is 14.0. The molecule has 0 aliphatic carbocycles. The van der Waals surface area contributed by atoms with Crippen LogP contribution in [0.25, 0.3) is 10.9 Å². The molecule has 0 spiro atoms. The van der Waals surface area contributed by atoms with Crippen LogP contribution < -0.4 is 9.47 Å². The fraction of sp³-hybridized carbons (Fsp3) is 0.300. The summed E-state index contributed by atoms with van der Waals surface area (Å²) < 4.78 is 13.5. The molecule has 0 atom stereocenters. The normalized spacial score (nSPS) is 10.9. The number of nitrogens with zero attached hydrogens (tertiary/aromatic N) is 1. The number of rotatable bonds is 6. The van der Waals surface area contributed by atoms with Gasteiger partial charge in [-0.3, -0.25) is 0 Å². The standard InChI is InChI=1S/C20H23NO2/c1-4-8-16-13-15-9-5-6-10-18(15)21(16)14-17-19(22-2)11-7-12-20(17)23-3/h5-7,9-13H,4,8,14H2,1-3H3. The number of methoxy groups -OCH3 is 2. The molecule has 0 bridgehead atoms. The van der Waals surface area contributed by atoms with Gasteiger partial charge in [0.2, 0.25) is 0 Å². The van der Waals surface area contributed by atoms with Crippen LogP contribution in [0.2, 0.25) is 0 Å². The molecule has 2 aromatic carbocycles. The van der Waals surface area contributed by atoms with E-state index in [1.807, 2.05) is 18.2 Å². The van der Waals surface area contributed by atoms with Gasteiger partial charge in [-0.1, -0.05) is 37.6 Å². The maximum Gasteiger partial charge on any atom is 0.127 e. The predicted molar refractivity (Wildman–Crippen MR) is 94.6 cm³/mol. The molecule has 3 aromatic rings. The highest BCUT2D eigenvalue weighted by Crippen LogP contribution is 2.31. The van der Waals surface area contributed by atoms with Crippen LogP contribution in [0.4, 0.5) is 0 Å². The number of aromatic nitrogens is 1. The molecule has 0 radical (unpaired) electrons. The van der Waals surface area contributed by atoms with E-state index in [-0.39, 0.29) is 0 Å². The Morgan fingerprint density at radius 3 is 2.26 bits per heavy atom. The van der Waals surface area contributed by atoms with Gasteiger partial charge in [-0.05, 0) is 36.1 Å². The van der Waals surface area contributed by atoms with Gasteiger partial charge in [0.25, 0.3) is 0 Å². The molecule has 0 aliphatic rings. The lowest BCUT2D eigenvalue weighted by atomic mass is 10.1. The molecule has 0 unspecified atom stereocenters. The van der Waals surface area contributed by atoms with Gasteiger partial charge in [0.15, 0.2) is 0 Å². The van der Waals surface area contributed by atoms with Crippen molar-refractivity contribution in [2.45, 2.75) is 26.3 Å². The summed E-state index contributed by atoms with van der Waals surface area (Å²) in [6.45, 7) is 2.96. The lowest BCUT2D eigenvalue weighted by molar-refractivity contribution is 0.383. The number of fused-ring (bicyclic) bond motifs is 1. The number of benzene rings is 2. The predicted octanol–water partition coefficient (Wildman–Crippen LogP) is 4.66. The molecule has 3 rings (SSSR count). The second kappa shape index (κ2) is 6.78. The Kier molecular flexibility index (Phi) is 4.56. The third kappa shape index (κ3) is 2.91. The summed E-state index contributed by atoms with van der Waals surface area (Å²) in [5, 5.41) is 1.28. The Labute approximate surface area is 137 Å². The van der Waals surface area contributed by atoms with Gasteiger partial charge >= 0.3 is 0 Å². The number of ether oxygens (including phenoxy) is 2. The van der Waals surface area contributed by atoms with Crippen molar-refractivity contribution in [2.75, 3.05) is 14.2 Å². The third-order valence-electron chi connectivity index (χ3n) is 4.25. The van der Waals surface area contributed by atoms with Crippen molar-refractivity contribution in [3.05, 3.63) is 59.8 Å². The molecular weight excluding hydrogens is 286 g/mol.